The van der Waals surface area contributed by atoms with E-state index in [0.29, 0.717) is 11.3 Å². The van der Waals surface area contributed by atoms with Crippen LogP contribution in [0, 0.1) is 13.8 Å². The first-order valence-electron chi connectivity index (χ1n) is 10.5. The summed E-state index contributed by atoms with van der Waals surface area (Å²) in [5, 5.41) is 9.26. The van der Waals surface area contributed by atoms with Crippen molar-refractivity contribution in [3.05, 3.63) is 77.4 Å². The molecule has 8 heteroatoms. The number of carbonyl (C=O) groups is 4. The van der Waals surface area contributed by atoms with Crippen LogP contribution in [0.15, 0.2) is 60.7 Å². The number of urea groups is 2. The first kappa shape index (κ1) is 22.0. The summed E-state index contributed by atoms with van der Waals surface area (Å²) in [7, 11) is 0. The van der Waals surface area contributed by atoms with Gasteiger partial charge in [0.15, 0.2) is 0 Å². The Morgan fingerprint density at radius 3 is 2.45 bits per heavy atom. The van der Waals surface area contributed by atoms with Gasteiger partial charge in [0.25, 0.3) is 5.91 Å². The molecule has 8 nitrogen and oxygen atoms in total. The number of amides is 6. The predicted molar refractivity (Wildman–Crippen MR) is 125 cm³/mol. The molecule has 4 rings (SSSR count). The monoisotopic (exact) mass is 444 g/mol. The van der Waals surface area contributed by atoms with Crippen molar-refractivity contribution in [3.8, 4) is 0 Å². The summed E-state index contributed by atoms with van der Waals surface area (Å²) in [4.78, 5) is 51.4. The van der Waals surface area contributed by atoms with Gasteiger partial charge in [-0.15, -0.1) is 0 Å². The average molecular weight is 444 g/mol. The third-order valence-corrected chi connectivity index (χ3v) is 6.01. The van der Waals surface area contributed by atoms with E-state index in [0.717, 1.165) is 26.8 Å². The van der Waals surface area contributed by atoms with E-state index >= 15 is 0 Å². The Morgan fingerprint density at radius 2 is 1.67 bits per heavy atom. The summed E-state index contributed by atoms with van der Waals surface area (Å²) in [6.07, 6.45) is 0. The van der Waals surface area contributed by atoms with E-state index in [1.54, 1.807) is 25.1 Å². The molecule has 0 radical (unpaired) electrons. The SMILES string of the molecule is Cc1cccc(NC(=O)NC(=O)CN2C(=O)N[C@](C)(c3cccc4ccccc34)C2=O)c1C. The quantitative estimate of drug-likeness (QED) is 0.535. The van der Waals surface area contributed by atoms with Crippen molar-refractivity contribution in [2.75, 3.05) is 11.9 Å². The number of imide groups is 2. The molecule has 1 heterocycles. The number of nitrogens with zero attached hydrogens (tertiary/aromatic N) is 1. The van der Waals surface area contributed by atoms with Crippen LogP contribution in [0.25, 0.3) is 10.8 Å². The largest absolute Gasteiger partial charge is 0.325 e. The Kier molecular flexibility index (Phi) is 5.59. The van der Waals surface area contributed by atoms with Crippen LogP contribution in [-0.2, 0) is 15.1 Å². The normalized spacial score (nSPS) is 17.7. The van der Waals surface area contributed by atoms with Crippen molar-refractivity contribution in [1.82, 2.24) is 15.5 Å². The molecular formula is C25H24N4O4. The molecule has 6 amide bonds. The zero-order valence-electron chi connectivity index (χ0n) is 18.6. The number of hydrogen-bond acceptors (Lipinski definition) is 4. The van der Waals surface area contributed by atoms with Gasteiger partial charge in [-0.1, -0.05) is 54.6 Å². The number of carbonyl (C=O) groups excluding carboxylic acids is 4. The van der Waals surface area contributed by atoms with Crippen molar-refractivity contribution >= 4 is 40.3 Å². The Hall–Kier alpha value is -4.20. The molecule has 33 heavy (non-hydrogen) atoms. The maximum Gasteiger partial charge on any atom is 0.325 e. The first-order chi connectivity index (χ1) is 15.7. The van der Waals surface area contributed by atoms with Crippen LogP contribution >= 0.6 is 0 Å². The fourth-order valence-corrected chi connectivity index (χ4v) is 4.03. The van der Waals surface area contributed by atoms with E-state index in [2.05, 4.69) is 16.0 Å². The van der Waals surface area contributed by atoms with Crippen LogP contribution in [0.2, 0.25) is 0 Å². The van der Waals surface area contributed by atoms with Gasteiger partial charge in [-0.05, 0) is 54.3 Å². The predicted octanol–water partition coefficient (Wildman–Crippen LogP) is 3.57. The minimum absolute atomic E-state index is 0.561. The Bertz CT molecular complexity index is 1300. The smallest absolute Gasteiger partial charge is 0.319 e. The highest BCUT2D eigenvalue weighted by Crippen LogP contribution is 2.33. The van der Waals surface area contributed by atoms with Gasteiger partial charge in [-0.2, -0.15) is 0 Å². The van der Waals surface area contributed by atoms with Crippen LogP contribution in [0.1, 0.15) is 23.6 Å². The first-order valence-corrected chi connectivity index (χ1v) is 10.5. The maximum absolute atomic E-state index is 13.2. The standard InChI is InChI=1S/C25H24N4O4/c1-15-8-6-13-20(16(15)2)26-23(32)27-21(30)14-29-22(31)25(3,28-24(29)33)19-12-7-10-17-9-4-5-11-18(17)19/h4-13H,14H2,1-3H3,(H,28,33)(H2,26,27,30,32)/t25-/m1/s1. The molecule has 1 atom stereocenters. The highest BCUT2D eigenvalue weighted by molar-refractivity contribution is 6.12. The molecule has 0 unspecified atom stereocenters. The highest BCUT2D eigenvalue weighted by atomic mass is 16.2. The van der Waals surface area contributed by atoms with Crippen LogP contribution in [0.5, 0.6) is 0 Å². The molecule has 0 bridgehead atoms. The van der Waals surface area contributed by atoms with Gasteiger partial charge >= 0.3 is 12.1 Å². The maximum atomic E-state index is 13.2. The molecule has 3 N–H and O–H groups in total. The Labute approximate surface area is 191 Å². The molecule has 1 aliphatic rings. The summed E-state index contributed by atoms with van der Waals surface area (Å²) in [6, 6.07) is 17.1. The molecule has 3 aromatic carbocycles. The topological polar surface area (TPSA) is 108 Å². The molecule has 1 fully saturated rings. The molecule has 0 aliphatic carbocycles. The van der Waals surface area contributed by atoms with Gasteiger partial charge in [-0.25, -0.2) is 9.59 Å². The van der Waals surface area contributed by atoms with Crippen LogP contribution in [0.4, 0.5) is 15.3 Å². The lowest BCUT2D eigenvalue weighted by Gasteiger charge is -2.24. The number of benzene rings is 3. The molecule has 3 aromatic rings. The average Bonchev–Trinajstić information content (AvgIpc) is 3.00. The van der Waals surface area contributed by atoms with Crippen molar-refractivity contribution in [2.45, 2.75) is 26.3 Å². The van der Waals surface area contributed by atoms with Crippen molar-refractivity contribution in [3.63, 3.8) is 0 Å². The lowest BCUT2D eigenvalue weighted by Crippen LogP contribution is -2.45. The van der Waals surface area contributed by atoms with E-state index in [4.69, 9.17) is 0 Å². The van der Waals surface area contributed by atoms with E-state index in [9.17, 15) is 19.2 Å². The number of rotatable bonds is 4. The second kappa shape index (κ2) is 8.38. The summed E-state index contributed by atoms with van der Waals surface area (Å²) >= 11 is 0. The number of nitrogens with one attached hydrogen (secondary N) is 3. The second-order valence-corrected chi connectivity index (χ2v) is 8.22. The fraction of sp³-hybridized carbons (Fsp3) is 0.200. The lowest BCUT2D eigenvalue weighted by molar-refractivity contribution is -0.134. The van der Waals surface area contributed by atoms with Crippen LogP contribution < -0.4 is 16.0 Å². The highest BCUT2D eigenvalue weighted by Gasteiger charge is 2.50. The van der Waals surface area contributed by atoms with Gasteiger partial charge < -0.3 is 10.6 Å². The molecule has 0 saturated carbocycles. The van der Waals surface area contributed by atoms with E-state index in [1.807, 2.05) is 56.3 Å². The van der Waals surface area contributed by atoms with Crippen molar-refractivity contribution in [1.29, 1.82) is 0 Å². The third kappa shape index (κ3) is 4.03. The third-order valence-electron chi connectivity index (χ3n) is 6.01. The minimum atomic E-state index is -1.33. The van der Waals surface area contributed by atoms with Crippen LogP contribution in [-0.4, -0.2) is 35.3 Å². The van der Waals surface area contributed by atoms with Crippen molar-refractivity contribution in [2.24, 2.45) is 0 Å². The molecule has 1 aliphatic heterocycles. The number of anilines is 1. The molecule has 1 saturated heterocycles. The molecule has 0 spiro atoms. The number of aryl methyl sites for hydroxylation is 1. The minimum Gasteiger partial charge on any atom is -0.319 e. The van der Waals surface area contributed by atoms with E-state index < -0.39 is 36.0 Å². The van der Waals surface area contributed by atoms with Gasteiger partial charge in [-0.3, -0.25) is 19.8 Å². The van der Waals surface area contributed by atoms with Gasteiger partial charge in [0.05, 0.1) is 0 Å². The summed E-state index contributed by atoms with van der Waals surface area (Å²) < 4.78 is 0. The molecule has 168 valence electrons. The fourth-order valence-electron chi connectivity index (χ4n) is 4.03. The van der Waals surface area contributed by atoms with Crippen molar-refractivity contribution < 1.29 is 19.2 Å². The van der Waals surface area contributed by atoms with Gasteiger partial charge in [0.2, 0.25) is 5.91 Å². The molecular weight excluding hydrogens is 420 g/mol. The Balaban J connectivity index is 1.48. The van der Waals surface area contributed by atoms with E-state index in [1.165, 1.54) is 0 Å². The zero-order valence-corrected chi connectivity index (χ0v) is 18.6. The summed E-state index contributed by atoms with van der Waals surface area (Å²) in [6.45, 7) is 4.80. The lowest BCUT2D eigenvalue weighted by atomic mass is 9.88. The van der Waals surface area contributed by atoms with E-state index in [-0.39, 0.29) is 0 Å². The number of fused-ring (bicyclic) bond motifs is 1. The van der Waals surface area contributed by atoms with Crippen LogP contribution in [0.3, 0.4) is 0 Å². The zero-order chi connectivity index (χ0) is 23.8. The summed E-state index contributed by atoms with van der Waals surface area (Å²) in [5.41, 5.74) is 1.73. The number of hydrogen-bond donors (Lipinski definition) is 3. The van der Waals surface area contributed by atoms with Gasteiger partial charge in [0, 0.05) is 5.69 Å². The molecule has 0 aromatic heterocycles. The summed E-state index contributed by atoms with van der Waals surface area (Å²) in [5.74, 6) is -1.34. The van der Waals surface area contributed by atoms with Gasteiger partial charge in [0.1, 0.15) is 12.1 Å². The Morgan fingerprint density at radius 1 is 0.970 bits per heavy atom. The second-order valence-electron chi connectivity index (χ2n) is 8.22.